The molecule has 3 N–H and O–H groups in total. The number of hydrogen-bond acceptors (Lipinski definition) is 2. The Kier molecular flexibility index (Phi) is 3.61. The third-order valence-corrected chi connectivity index (χ3v) is 2.22. The standard InChI is InChI=1S/C13H10F2N2O2/c14-8-4-9(15)6-11(5-8)17-13(19)16-10-2-1-3-12(18)7-10/h1-7,18H,(H2,16,17,19). The first-order valence-corrected chi connectivity index (χ1v) is 5.36. The molecule has 2 rings (SSSR count). The molecular formula is C13H10F2N2O2. The minimum Gasteiger partial charge on any atom is -0.508 e. The van der Waals surface area contributed by atoms with Crippen LogP contribution >= 0.6 is 0 Å². The molecule has 0 aliphatic heterocycles. The van der Waals surface area contributed by atoms with E-state index in [0.717, 1.165) is 12.1 Å². The summed E-state index contributed by atoms with van der Waals surface area (Å²) in [6.07, 6.45) is 0. The summed E-state index contributed by atoms with van der Waals surface area (Å²) >= 11 is 0. The number of halogens is 2. The van der Waals surface area contributed by atoms with Crippen molar-refractivity contribution >= 4 is 17.4 Å². The fraction of sp³-hybridized carbons (Fsp3) is 0. The Hall–Kier alpha value is -2.63. The predicted octanol–water partition coefficient (Wildman–Crippen LogP) is 3.31. The van der Waals surface area contributed by atoms with Crippen LogP contribution in [-0.2, 0) is 0 Å². The number of carbonyl (C=O) groups excluding carboxylic acids is 1. The zero-order chi connectivity index (χ0) is 13.8. The molecule has 0 fully saturated rings. The Labute approximate surface area is 107 Å². The fourth-order valence-electron chi connectivity index (χ4n) is 1.50. The lowest BCUT2D eigenvalue weighted by Gasteiger charge is -2.08. The van der Waals surface area contributed by atoms with Crippen molar-refractivity contribution in [2.75, 3.05) is 10.6 Å². The molecule has 4 nitrogen and oxygen atoms in total. The summed E-state index contributed by atoms with van der Waals surface area (Å²) in [5.41, 5.74) is 0.351. The number of phenols is 1. The zero-order valence-corrected chi connectivity index (χ0v) is 9.65. The number of benzene rings is 2. The maximum atomic E-state index is 12.9. The smallest absolute Gasteiger partial charge is 0.323 e. The van der Waals surface area contributed by atoms with Gasteiger partial charge in [-0.1, -0.05) is 6.07 Å². The molecule has 2 amide bonds. The van der Waals surface area contributed by atoms with Crippen molar-refractivity contribution in [1.29, 1.82) is 0 Å². The predicted molar refractivity (Wildman–Crippen MR) is 67.1 cm³/mol. The number of carbonyl (C=O) groups is 1. The van der Waals surface area contributed by atoms with Gasteiger partial charge in [0.1, 0.15) is 17.4 Å². The van der Waals surface area contributed by atoms with Crippen LogP contribution in [0, 0.1) is 11.6 Å². The minimum absolute atomic E-state index is 0.00449. The number of anilines is 2. The van der Waals surface area contributed by atoms with Crippen LogP contribution in [0.25, 0.3) is 0 Å². The Morgan fingerprint density at radius 1 is 0.947 bits per heavy atom. The first-order valence-electron chi connectivity index (χ1n) is 5.36. The molecule has 0 aromatic heterocycles. The van der Waals surface area contributed by atoms with Crippen molar-refractivity contribution in [2.45, 2.75) is 0 Å². The average molecular weight is 264 g/mol. The Balaban J connectivity index is 2.05. The van der Waals surface area contributed by atoms with E-state index in [-0.39, 0.29) is 11.4 Å². The molecule has 0 saturated heterocycles. The van der Waals surface area contributed by atoms with E-state index >= 15 is 0 Å². The van der Waals surface area contributed by atoms with E-state index < -0.39 is 17.7 Å². The van der Waals surface area contributed by atoms with Crippen LogP contribution in [0.4, 0.5) is 25.0 Å². The summed E-state index contributed by atoms with van der Waals surface area (Å²) in [5.74, 6) is -1.57. The van der Waals surface area contributed by atoms with Gasteiger partial charge in [0, 0.05) is 23.5 Å². The SMILES string of the molecule is O=C(Nc1cccc(O)c1)Nc1cc(F)cc(F)c1. The Morgan fingerprint density at radius 2 is 1.58 bits per heavy atom. The Bertz CT molecular complexity index is 597. The number of nitrogens with one attached hydrogen (secondary N) is 2. The highest BCUT2D eigenvalue weighted by Gasteiger charge is 2.05. The normalized spacial score (nSPS) is 10.0. The second-order valence-electron chi connectivity index (χ2n) is 3.79. The molecule has 0 radical (unpaired) electrons. The lowest BCUT2D eigenvalue weighted by atomic mass is 10.3. The van der Waals surface area contributed by atoms with Crippen LogP contribution < -0.4 is 10.6 Å². The summed E-state index contributed by atoms with van der Waals surface area (Å²) in [5, 5.41) is 13.9. The maximum absolute atomic E-state index is 12.9. The van der Waals surface area contributed by atoms with E-state index in [0.29, 0.717) is 11.8 Å². The highest BCUT2D eigenvalue weighted by atomic mass is 19.1. The van der Waals surface area contributed by atoms with Gasteiger partial charge in [-0.15, -0.1) is 0 Å². The molecule has 2 aromatic rings. The van der Waals surface area contributed by atoms with Gasteiger partial charge in [-0.05, 0) is 24.3 Å². The second-order valence-corrected chi connectivity index (χ2v) is 3.79. The molecule has 19 heavy (non-hydrogen) atoms. The molecule has 0 heterocycles. The first-order chi connectivity index (χ1) is 9.02. The van der Waals surface area contributed by atoms with Crippen molar-refractivity contribution in [1.82, 2.24) is 0 Å². The van der Waals surface area contributed by atoms with E-state index in [9.17, 15) is 18.7 Å². The molecule has 6 heteroatoms. The highest BCUT2D eigenvalue weighted by Crippen LogP contribution is 2.16. The van der Waals surface area contributed by atoms with Crippen molar-refractivity contribution in [3.63, 3.8) is 0 Å². The van der Waals surface area contributed by atoms with Crippen molar-refractivity contribution in [3.8, 4) is 5.75 Å². The number of aromatic hydroxyl groups is 1. The molecule has 0 unspecified atom stereocenters. The van der Waals surface area contributed by atoms with Crippen molar-refractivity contribution < 1.29 is 18.7 Å². The summed E-state index contributed by atoms with van der Waals surface area (Å²) in [7, 11) is 0. The van der Waals surface area contributed by atoms with E-state index in [1.807, 2.05) is 0 Å². The highest BCUT2D eigenvalue weighted by molar-refractivity contribution is 5.99. The van der Waals surface area contributed by atoms with Gasteiger partial charge in [0.2, 0.25) is 0 Å². The fourth-order valence-corrected chi connectivity index (χ4v) is 1.50. The quantitative estimate of drug-likeness (QED) is 0.779. The van der Waals surface area contributed by atoms with Crippen LogP contribution in [0.2, 0.25) is 0 Å². The van der Waals surface area contributed by atoms with Gasteiger partial charge in [0.15, 0.2) is 0 Å². The van der Waals surface area contributed by atoms with Gasteiger partial charge >= 0.3 is 6.03 Å². The number of amides is 2. The minimum atomic E-state index is -0.785. The Morgan fingerprint density at radius 3 is 2.21 bits per heavy atom. The van der Waals surface area contributed by atoms with Crippen LogP contribution in [0.15, 0.2) is 42.5 Å². The molecular weight excluding hydrogens is 254 g/mol. The summed E-state index contributed by atoms with van der Waals surface area (Å²) in [4.78, 5) is 11.6. The van der Waals surface area contributed by atoms with Gasteiger partial charge in [0.25, 0.3) is 0 Å². The van der Waals surface area contributed by atoms with Crippen molar-refractivity contribution in [3.05, 3.63) is 54.1 Å². The average Bonchev–Trinajstić information content (AvgIpc) is 2.26. The number of phenolic OH excluding ortho intramolecular Hbond substituents is 1. The maximum Gasteiger partial charge on any atom is 0.323 e. The molecule has 0 aliphatic carbocycles. The second kappa shape index (κ2) is 5.34. The van der Waals surface area contributed by atoms with Crippen molar-refractivity contribution in [2.24, 2.45) is 0 Å². The van der Waals surface area contributed by atoms with Gasteiger partial charge in [0.05, 0.1) is 0 Å². The third-order valence-electron chi connectivity index (χ3n) is 2.22. The molecule has 0 spiro atoms. The van der Waals surface area contributed by atoms with E-state index in [2.05, 4.69) is 10.6 Å². The number of hydrogen-bond donors (Lipinski definition) is 3. The van der Waals surface area contributed by atoms with E-state index in [4.69, 9.17) is 0 Å². The van der Waals surface area contributed by atoms with E-state index in [1.165, 1.54) is 12.1 Å². The van der Waals surface area contributed by atoms with Gasteiger partial charge in [-0.3, -0.25) is 0 Å². The van der Waals surface area contributed by atoms with Gasteiger partial charge < -0.3 is 15.7 Å². The van der Waals surface area contributed by atoms with Crippen LogP contribution in [0.3, 0.4) is 0 Å². The van der Waals surface area contributed by atoms with Gasteiger partial charge in [-0.25, -0.2) is 13.6 Å². The largest absolute Gasteiger partial charge is 0.508 e. The number of rotatable bonds is 2. The van der Waals surface area contributed by atoms with Crippen LogP contribution in [0.5, 0.6) is 5.75 Å². The topological polar surface area (TPSA) is 61.4 Å². The first kappa shape index (κ1) is 12.8. The van der Waals surface area contributed by atoms with Crippen LogP contribution in [0.1, 0.15) is 0 Å². The monoisotopic (exact) mass is 264 g/mol. The summed E-state index contributed by atoms with van der Waals surface area (Å²) in [6.45, 7) is 0. The lowest BCUT2D eigenvalue weighted by Crippen LogP contribution is -2.19. The van der Waals surface area contributed by atoms with E-state index in [1.54, 1.807) is 12.1 Å². The zero-order valence-electron chi connectivity index (χ0n) is 9.65. The lowest BCUT2D eigenvalue weighted by molar-refractivity contribution is 0.262. The van der Waals surface area contributed by atoms with Gasteiger partial charge in [-0.2, -0.15) is 0 Å². The molecule has 2 aromatic carbocycles. The molecule has 98 valence electrons. The summed E-state index contributed by atoms with van der Waals surface area (Å²) < 4.78 is 25.8. The van der Waals surface area contributed by atoms with Crippen LogP contribution in [-0.4, -0.2) is 11.1 Å². The third kappa shape index (κ3) is 3.67. The number of urea groups is 1. The summed E-state index contributed by atoms with van der Waals surface area (Å²) in [6, 6.07) is 7.92. The molecule has 0 aliphatic rings. The molecule has 0 saturated carbocycles. The molecule has 0 bridgehead atoms. The molecule has 0 atom stereocenters.